The average molecular weight is 329 g/mol. The number of aliphatic hydroxyl groups is 1. The fourth-order valence-electron chi connectivity index (χ4n) is 2.75. The van der Waals surface area contributed by atoms with Gasteiger partial charge in [-0.15, -0.1) is 0 Å². The lowest BCUT2D eigenvalue weighted by atomic mass is 9.95. The van der Waals surface area contributed by atoms with Crippen LogP contribution in [-0.4, -0.2) is 34.7 Å². The second kappa shape index (κ2) is 7.58. The average Bonchev–Trinajstić information content (AvgIpc) is 2.60. The van der Waals surface area contributed by atoms with Gasteiger partial charge in [-0.2, -0.15) is 0 Å². The Morgan fingerprint density at radius 3 is 2.17 bits per heavy atom. The van der Waals surface area contributed by atoms with E-state index in [-0.39, 0.29) is 6.42 Å². The Morgan fingerprint density at radius 2 is 1.62 bits per heavy atom. The fraction of sp³-hybridized carbons (Fsp3) is 0.350. The van der Waals surface area contributed by atoms with Gasteiger partial charge in [-0.3, -0.25) is 4.79 Å². The number of carbonyl (C=O) groups is 1. The van der Waals surface area contributed by atoms with E-state index in [1.165, 1.54) is 18.9 Å². The summed E-state index contributed by atoms with van der Waals surface area (Å²) in [7, 11) is 1.53. The number of alkyl halides is 1. The van der Waals surface area contributed by atoms with Crippen LogP contribution in [0.3, 0.4) is 0 Å². The highest BCUT2D eigenvalue weighted by Crippen LogP contribution is 2.25. The molecule has 3 atom stereocenters. The van der Waals surface area contributed by atoms with Crippen molar-refractivity contribution in [2.24, 2.45) is 0 Å². The molecule has 3 nitrogen and oxygen atoms in total. The summed E-state index contributed by atoms with van der Waals surface area (Å²) in [4.78, 5) is 13.9. The summed E-state index contributed by atoms with van der Waals surface area (Å²) in [5.41, 5.74) is -0.561. The number of likely N-dealkylation sites (N-methyl/N-ethyl adjacent to an activating group) is 1. The number of nitrogens with zero attached hydrogens (tertiary/aromatic N) is 1. The molecule has 0 aromatic heterocycles. The Balaban J connectivity index is 2.09. The smallest absolute Gasteiger partial charge is 0.260 e. The van der Waals surface area contributed by atoms with E-state index in [1.807, 2.05) is 36.4 Å². The molecule has 0 saturated heterocycles. The molecule has 0 aliphatic rings. The Morgan fingerprint density at radius 1 is 1.12 bits per heavy atom. The molecule has 0 radical (unpaired) electrons. The van der Waals surface area contributed by atoms with E-state index in [1.54, 1.807) is 31.2 Å². The summed E-state index contributed by atoms with van der Waals surface area (Å²) in [6.45, 7) is 3.01. The highest BCUT2D eigenvalue weighted by atomic mass is 19.1. The van der Waals surface area contributed by atoms with Gasteiger partial charge in [0.25, 0.3) is 5.91 Å². The number of aliphatic hydroxyl groups excluding tert-OH is 1. The van der Waals surface area contributed by atoms with Crippen LogP contribution in [0.4, 0.5) is 4.39 Å². The van der Waals surface area contributed by atoms with Crippen molar-refractivity contribution < 1.29 is 14.3 Å². The maximum absolute atomic E-state index is 15.0. The first-order valence-electron chi connectivity index (χ1n) is 8.06. The molecule has 1 amide bonds. The number of benzene rings is 2. The van der Waals surface area contributed by atoms with Gasteiger partial charge in [0.2, 0.25) is 0 Å². The van der Waals surface area contributed by atoms with E-state index in [2.05, 4.69) is 0 Å². The zero-order chi connectivity index (χ0) is 17.7. The minimum absolute atomic E-state index is 0.00512. The molecule has 2 aromatic carbocycles. The van der Waals surface area contributed by atoms with Crippen molar-refractivity contribution in [2.75, 3.05) is 7.05 Å². The Bertz CT molecular complexity index is 658. The number of hydrogen-bond acceptors (Lipinski definition) is 2. The molecule has 0 saturated carbocycles. The first-order valence-corrected chi connectivity index (χ1v) is 8.06. The van der Waals surface area contributed by atoms with Gasteiger partial charge >= 0.3 is 0 Å². The van der Waals surface area contributed by atoms with Gasteiger partial charge in [0.1, 0.15) is 0 Å². The normalized spacial score (nSPS) is 16.0. The summed E-state index contributed by atoms with van der Waals surface area (Å²) >= 11 is 0. The SMILES string of the molecule is C[C@@H]([C@@H](O)c1ccccc1)N(C)C(=O)[C@@](C)(F)Cc1ccccc1. The summed E-state index contributed by atoms with van der Waals surface area (Å²) in [6, 6.07) is 17.6. The fourth-order valence-corrected chi connectivity index (χ4v) is 2.75. The van der Waals surface area contributed by atoms with Crippen LogP contribution in [0.25, 0.3) is 0 Å². The molecule has 0 unspecified atom stereocenters. The van der Waals surface area contributed by atoms with Gasteiger partial charge < -0.3 is 10.0 Å². The predicted octanol–water partition coefficient (Wildman–Crippen LogP) is 3.54. The van der Waals surface area contributed by atoms with E-state index < -0.39 is 23.7 Å². The van der Waals surface area contributed by atoms with Crippen molar-refractivity contribution in [3.05, 3.63) is 71.8 Å². The molecule has 24 heavy (non-hydrogen) atoms. The third-order valence-corrected chi connectivity index (χ3v) is 4.35. The molecule has 2 rings (SSSR count). The van der Waals surface area contributed by atoms with Crippen molar-refractivity contribution >= 4 is 5.91 Å². The number of halogens is 1. The lowest BCUT2D eigenvalue weighted by molar-refractivity contribution is -0.145. The van der Waals surface area contributed by atoms with Crippen molar-refractivity contribution in [3.8, 4) is 0 Å². The number of rotatable bonds is 6. The van der Waals surface area contributed by atoms with Gasteiger partial charge in [0, 0.05) is 13.5 Å². The second-order valence-electron chi connectivity index (χ2n) is 6.37. The molecule has 1 N–H and O–H groups in total. The van der Waals surface area contributed by atoms with Crippen LogP contribution in [0, 0.1) is 0 Å². The quantitative estimate of drug-likeness (QED) is 0.880. The maximum atomic E-state index is 15.0. The standard InChI is InChI=1S/C20H24FNO2/c1-15(18(23)17-12-8-5-9-13-17)22(3)19(24)20(2,21)14-16-10-6-4-7-11-16/h4-13,15,18,23H,14H2,1-3H3/t15-,18+,20-/m0/s1. The topological polar surface area (TPSA) is 40.5 Å². The van der Waals surface area contributed by atoms with Gasteiger partial charge in [0.15, 0.2) is 5.67 Å². The van der Waals surface area contributed by atoms with Crippen LogP contribution in [0.2, 0.25) is 0 Å². The molecule has 0 aliphatic carbocycles. The number of amides is 1. The highest BCUT2D eigenvalue weighted by molar-refractivity contribution is 5.85. The summed E-state index contributed by atoms with van der Waals surface area (Å²) in [5, 5.41) is 10.4. The van der Waals surface area contributed by atoms with Crippen LogP contribution in [0.15, 0.2) is 60.7 Å². The molecule has 0 aliphatic heterocycles. The van der Waals surface area contributed by atoms with Gasteiger partial charge in [-0.25, -0.2) is 4.39 Å². The summed E-state index contributed by atoms with van der Waals surface area (Å²) < 4.78 is 15.0. The maximum Gasteiger partial charge on any atom is 0.260 e. The molecular formula is C20H24FNO2. The first kappa shape index (κ1) is 18.1. The van der Waals surface area contributed by atoms with Crippen molar-refractivity contribution in [3.63, 3.8) is 0 Å². The zero-order valence-corrected chi connectivity index (χ0v) is 14.3. The molecule has 128 valence electrons. The predicted molar refractivity (Wildman–Crippen MR) is 93.3 cm³/mol. The lowest BCUT2D eigenvalue weighted by Gasteiger charge is -2.33. The monoisotopic (exact) mass is 329 g/mol. The van der Waals surface area contributed by atoms with Gasteiger partial charge in [-0.05, 0) is 25.0 Å². The van der Waals surface area contributed by atoms with Crippen LogP contribution >= 0.6 is 0 Å². The summed E-state index contributed by atoms with van der Waals surface area (Å²) in [6.07, 6.45) is -0.863. The molecule has 0 bridgehead atoms. The van der Waals surface area contributed by atoms with E-state index in [0.717, 1.165) is 5.56 Å². The van der Waals surface area contributed by atoms with Crippen molar-refractivity contribution in [1.29, 1.82) is 0 Å². The highest BCUT2D eigenvalue weighted by Gasteiger charge is 2.38. The lowest BCUT2D eigenvalue weighted by Crippen LogP contribution is -2.49. The minimum atomic E-state index is -2.03. The molecular weight excluding hydrogens is 305 g/mol. The van der Waals surface area contributed by atoms with Crippen molar-refractivity contribution in [2.45, 2.75) is 38.1 Å². The number of hydrogen-bond donors (Lipinski definition) is 1. The molecule has 2 aromatic rings. The third kappa shape index (κ3) is 4.20. The van der Waals surface area contributed by atoms with E-state index in [0.29, 0.717) is 5.56 Å². The van der Waals surface area contributed by atoms with Crippen LogP contribution in [-0.2, 0) is 11.2 Å². The van der Waals surface area contributed by atoms with E-state index in [9.17, 15) is 14.3 Å². The molecule has 0 fully saturated rings. The van der Waals surface area contributed by atoms with Crippen molar-refractivity contribution in [1.82, 2.24) is 4.90 Å². The Kier molecular flexibility index (Phi) is 5.73. The first-order chi connectivity index (χ1) is 11.3. The van der Waals surface area contributed by atoms with E-state index >= 15 is 0 Å². The third-order valence-electron chi connectivity index (χ3n) is 4.35. The Hall–Kier alpha value is -2.20. The number of carbonyl (C=O) groups excluding carboxylic acids is 1. The molecule has 4 heteroatoms. The van der Waals surface area contributed by atoms with Gasteiger partial charge in [0.05, 0.1) is 12.1 Å². The zero-order valence-electron chi connectivity index (χ0n) is 14.3. The summed E-state index contributed by atoms with van der Waals surface area (Å²) in [5.74, 6) is -0.631. The van der Waals surface area contributed by atoms with Gasteiger partial charge in [-0.1, -0.05) is 60.7 Å². The van der Waals surface area contributed by atoms with Crippen LogP contribution in [0.1, 0.15) is 31.1 Å². The van der Waals surface area contributed by atoms with Crippen LogP contribution < -0.4 is 0 Å². The minimum Gasteiger partial charge on any atom is -0.386 e. The largest absolute Gasteiger partial charge is 0.386 e. The second-order valence-corrected chi connectivity index (χ2v) is 6.37. The molecule has 0 spiro atoms. The Labute approximate surface area is 142 Å². The van der Waals surface area contributed by atoms with Crippen LogP contribution in [0.5, 0.6) is 0 Å². The van der Waals surface area contributed by atoms with E-state index in [4.69, 9.17) is 0 Å². The molecule has 0 heterocycles.